The molecule has 1 aromatic heterocycles. The van der Waals surface area contributed by atoms with Crippen molar-refractivity contribution >= 4 is 32.1 Å². The highest BCUT2D eigenvalue weighted by molar-refractivity contribution is 7.90. The van der Waals surface area contributed by atoms with E-state index in [4.69, 9.17) is 0 Å². The van der Waals surface area contributed by atoms with Gasteiger partial charge in [0.15, 0.2) is 9.84 Å². The number of rotatable bonds is 7. The van der Waals surface area contributed by atoms with E-state index in [2.05, 4.69) is 27.8 Å². The number of phenolic OH excluding ortho intramolecular Hbond substituents is 1. The second kappa shape index (κ2) is 11.2. The molecule has 0 radical (unpaired) electrons. The Bertz CT molecular complexity index is 1460. The number of fused-ring (bicyclic) bond motifs is 1. The summed E-state index contributed by atoms with van der Waals surface area (Å²) >= 11 is 0. The highest BCUT2D eigenvalue weighted by Gasteiger charge is 2.30. The molecule has 0 unspecified atom stereocenters. The monoisotopic (exact) mass is 548 g/mol. The SMILES string of the molecule is CN[C@H]1CC[C@H](Nc2cccc3c2cc(C#CCNc2ccc(S(C)(=O)=O)cc2O)n3CC(F)(F)F)CC1. The fourth-order valence-corrected chi connectivity index (χ4v) is 5.42. The summed E-state index contributed by atoms with van der Waals surface area (Å²) in [6.07, 6.45) is 0.631. The van der Waals surface area contributed by atoms with Crippen molar-refractivity contribution in [2.45, 2.75) is 55.4 Å². The van der Waals surface area contributed by atoms with Gasteiger partial charge in [0.05, 0.1) is 28.3 Å². The topological polar surface area (TPSA) is 95.4 Å². The van der Waals surface area contributed by atoms with E-state index < -0.39 is 22.6 Å². The van der Waals surface area contributed by atoms with Gasteiger partial charge in [0.25, 0.3) is 0 Å². The number of benzene rings is 2. The molecule has 2 aromatic carbocycles. The molecular formula is C27H31F3N4O3S. The van der Waals surface area contributed by atoms with E-state index >= 15 is 0 Å². The largest absolute Gasteiger partial charge is 0.506 e. The number of halogens is 3. The van der Waals surface area contributed by atoms with Gasteiger partial charge in [-0.15, -0.1) is 0 Å². The van der Waals surface area contributed by atoms with Crippen molar-refractivity contribution in [3.8, 4) is 17.6 Å². The van der Waals surface area contributed by atoms with E-state index in [0.29, 0.717) is 16.9 Å². The van der Waals surface area contributed by atoms with Crippen molar-refractivity contribution < 1.29 is 26.7 Å². The second-order valence-electron chi connectivity index (χ2n) is 9.56. The predicted octanol–water partition coefficient (Wildman–Crippen LogP) is 4.72. The number of nitrogens with one attached hydrogen (secondary N) is 3. The average Bonchev–Trinajstić information content (AvgIpc) is 3.19. The molecule has 0 bridgehead atoms. The van der Waals surface area contributed by atoms with Crippen molar-refractivity contribution in [1.82, 2.24) is 9.88 Å². The number of aromatic hydroxyl groups is 1. The Labute approximate surface area is 220 Å². The molecular weight excluding hydrogens is 517 g/mol. The third kappa shape index (κ3) is 6.74. The van der Waals surface area contributed by atoms with Crippen molar-refractivity contribution in [3.63, 3.8) is 0 Å². The number of hydrogen-bond donors (Lipinski definition) is 4. The zero-order chi connectivity index (χ0) is 27.5. The molecule has 0 spiro atoms. The van der Waals surface area contributed by atoms with Crippen molar-refractivity contribution in [1.29, 1.82) is 0 Å². The lowest BCUT2D eigenvalue weighted by Gasteiger charge is -2.29. The van der Waals surface area contributed by atoms with Crippen LogP contribution in [0.1, 0.15) is 31.4 Å². The summed E-state index contributed by atoms with van der Waals surface area (Å²) in [6.45, 7) is -1.14. The van der Waals surface area contributed by atoms with Crippen LogP contribution in [0.2, 0.25) is 0 Å². The first-order valence-electron chi connectivity index (χ1n) is 12.3. The van der Waals surface area contributed by atoms with Gasteiger partial charge >= 0.3 is 6.18 Å². The molecule has 204 valence electrons. The number of phenols is 1. The number of alkyl halides is 3. The first-order valence-corrected chi connectivity index (χ1v) is 14.2. The minimum Gasteiger partial charge on any atom is -0.506 e. The molecule has 0 atom stereocenters. The summed E-state index contributed by atoms with van der Waals surface area (Å²) in [5, 5.41) is 20.5. The average molecular weight is 549 g/mol. The van der Waals surface area contributed by atoms with Gasteiger partial charge in [-0.05, 0) is 69.0 Å². The third-order valence-corrected chi connectivity index (χ3v) is 7.87. The predicted molar refractivity (Wildman–Crippen MR) is 143 cm³/mol. The molecule has 1 aliphatic rings. The van der Waals surface area contributed by atoms with E-state index in [1.807, 2.05) is 13.1 Å². The van der Waals surface area contributed by atoms with Gasteiger partial charge in [-0.3, -0.25) is 0 Å². The second-order valence-corrected chi connectivity index (χ2v) is 11.6. The van der Waals surface area contributed by atoms with Crippen molar-refractivity contribution in [2.24, 2.45) is 0 Å². The summed E-state index contributed by atoms with van der Waals surface area (Å²) in [6, 6.07) is 11.6. The quantitative estimate of drug-likeness (QED) is 0.252. The first-order chi connectivity index (χ1) is 17.9. The first kappa shape index (κ1) is 27.7. The minimum absolute atomic E-state index is 0.0252. The molecule has 0 aliphatic heterocycles. The molecule has 1 heterocycles. The van der Waals surface area contributed by atoms with E-state index in [0.717, 1.165) is 43.7 Å². The summed E-state index contributed by atoms with van der Waals surface area (Å²) in [5.41, 5.74) is 1.72. The maximum Gasteiger partial charge on any atom is 0.406 e. The van der Waals surface area contributed by atoms with Gasteiger partial charge < -0.3 is 25.6 Å². The number of nitrogens with zero attached hydrogens (tertiary/aromatic N) is 1. The lowest BCUT2D eigenvalue weighted by molar-refractivity contribution is -0.140. The van der Waals surface area contributed by atoms with Crippen LogP contribution in [0, 0.1) is 11.8 Å². The van der Waals surface area contributed by atoms with Crippen molar-refractivity contribution in [3.05, 3.63) is 48.2 Å². The fraction of sp³-hybridized carbons (Fsp3) is 0.407. The molecule has 7 nitrogen and oxygen atoms in total. The fourth-order valence-electron chi connectivity index (χ4n) is 4.78. The number of anilines is 2. The van der Waals surface area contributed by atoms with Gasteiger partial charge in [0.2, 0.25) is 0 Å². The molecule has 1 aliphatic carbocycles. The smallest absolute Gasteiger partial charge is 0.406 e. The van der Waals surface area contributed by atoms with Crippen LogP contribution >= 0.6 is 0 Å². The summed E-state index contributed by atoms with van der Waals surface area (Å²) in [4.78, 5) is -0.0252. The molecule has 38 heavy (non-hydrogen) atoms. The van der Waals surface area contributed by atoms with Gasteiger partial charge in [0, 0.05) is 35.5 Å². The Hall–Kier alpha value is -3.36. The Morgan fingerprint density at radius 2 is 1.76 bits per heavy atom. The summed E-state index contributed by atoms with van der Waals surface area (Å²) in [7, 11) is -1.51. The van der Waals surface area contributed by atoms with Crippen LogP contribution in [0.15, 0.2) is 47.4 Å². The van der Waals surface area contributed by atoms with Crippen LogP contribution in [0.25, 0.3) is 10.9 Å². The van der Waals surface area contributed by atoms with Gasteiger partial charge in [0.1, 0.15) is 12.3 Å². The van der Waals surface area contributed by atoms with Crippen LogP contribution in [0.4, 0.5) is 24.5 Å². The van der Waals surface area contributed by atoms with E-state index in [-0.39, 0.29) is 34.6 Å². The van der Waals surface area contributed by atoms with Gasteiger partial charge in [-0.25, -0.2) is 8.42 Å². The maximum atomic E-state index is 13.5. The zero-order valence-electron chi connectivity index (χ0n) is 21.2. The molecule has 11 heteroatoms. The standard InChI is InChI=1S/C27H31F3N4O3S/c1-31-18-8-10-19(11-9-18)33-23-6-3-7-25-22(23)15-20(34(25)17-27(28,29)30)5-4-14-32-24-13-12-21(16-26(24)35)38(2,36)37/h3,6-7,12-13,15-16,18-19,31-33,35H,8-11,14,17H2,1-2H3/t18-,19-. The summed E-state index contributed by atoms with van der Waals surface area (Å²) < 4.78 is 64.8. The lowest BCUT2D eigenvalue weighted by Crippen LogP contribution is -2.34. The Morgan fingerprint density at radius 3 is 2.39 bits per heavy atom. The van der Waals surface area contributed by atoms with E-state index in [1.54, 1.807) is 18.2 Å². The molecule has 4 rings (SSSR count). The normalized spacial score (nSPS) is 18.1. The minimum atomic E-state index is -4.43. The Kier molecular flexibility index (Phi) is 8.13. The van der Waals surface area contributed by atoms with Crippen molar-refractivity contribution in [2.75, 3.05) is 30.5 Å². The van der Waals surface area contributed by atoms with Gasteiger partial charge in [-0.1, -0.05) is 12.0 Å². The van der Waals surface area contributed by atoms with Crippen LogP contribution < -0.4 is 16.0 Å². The maximum absolute atomic E-state index is 13.5. The Balaban J connectivity index is 1.57. The Morgan fingerprint density at radius 1 is 1.05 bits per heavy atom. The highest BCUT2D eigenvalue weighted by atomic mass is 32.2. The molecule has 0 amide bonds. The molecule has 4 N–H and O–H groups in total. The molecule has 1 fully saturated rings. The van der Waals surface area contributed by atoms with Crippen LogP contribution in [-0.4, -0.2) is 56.2 Å². The lowest BCUT2D eigenvalue weighted by atomic mass is 9.91. The van der Waals surface area contributed by atoms with Crippen LogP contribution in [0.5, 0.6) is 5.75 Å². The highest BCUT2D eigenvalue weighted by Crippen LogP contribution is 2.32. The summed E-state index contributed by atoms with van der Waals surface area (Å²) in [5.74, 6) is 5.38. The zero-order valence-corrected chi connectivity index (χ0v) is 22.0. The molecule has 3 aromatic rings. The third-order valence-electron chi connectivity index (χ3n) is 6.76. The number of sulfone groups is 1. The van der Waals surface area contributed by atoms with E-state index in [9.17, 15) is 26.7 Å². The number of aromatic nitrogens is 1. The van der Waals surface area contributed by atoms with Gasteiger partial charge in [-0.2, -0.15) is 13.2 Å². The number of hydrogen-bond acceptors (Lipinski definition) is 6. The molecule has 0 saturated heterocycles. The van der Waals surface area contributed by atoms with Crippen LogP contribution in [0.3, 0.4) is 0 Å². The van der Waals surface area contributed by atoms with Crippen LogP contribution in [-0.2, 0) is 16.4 Å². The van der Waals surface area contributed by atoms with E-state index in [1.165, 1.54) is 16.7 Å². The molecule has 1 saturated carbocycles.